The lowest BCUT2D eigenvalue weighted by molar-refractivity contribution is 0.0600. The molecule has 1 fully saturated rings. The van der Waals surface area contributed by atoms with Gasteiger partial charge in [0, 0.05) is 19.1 Å². The Morgan fingerprint density at radius 1 is 1.40 bits per heavy atom. The number of likely N-dealkylation sites (N-methyl/N-ethyl adjacent to an activating group) is 1. The largest absolute Gasteiger partial charge is 0.465 e. The third-order valence-corrected chi connectivity index (χ3v) is 3.92. The van der Waals surface area contributed by atoms with Crippen molar-refractivity contribution in [3.05, 3.63) is 35.4 Å². The summed E-state index contributed by atoms with van der Waals surface area (Å²) in [6, 6.07) is 8.19. The minimum atomic E-state index is -0.282. The topological polar surface area (TPSA) is 41.6 Å². The number of nitrogens with one attached hydrogen (secondary N) is 1. The van der Waals surface area contributed by atoms with Gasteiger partial charge in [0.1, 0.15) is 0 Å². The van der Waals surface area contributed by atoms with Crippen LogP contribution >= 0.6 is 0 Å². The normalized spacial score (nSPS) is 19.8. The van der Waals surface area contributed by atoms with Gasteiger partial charge in [-0.3, -0.25) is 0 Å². The van der Waals surface area contributed by atoms with Crippen LogP contribution in [0.2, 0.25) is 0 Å². The molecule has 1 aliphatic rings. The van der Waals surface area contributed by atoms with Gasteiger partial charge in [-0.15, -0.1) is 0 Å². The van der Waals surface area contributed by atoms with E-state index in [1.54, 1.807) is 0 Å². The Hall–Kier alpha value is -1.39. The van der Waals surface area contributed by atoms with Crippen molar-refractivity contribution in [3.8, 4) is 0 Å². The van der Waals surface area contributed by atoms with Gasteiger partial charge in [-0.05, 0) is 43.6 Å². The molecule has 0 bridgehead atoms. The Labute approximate surface area is 121 Å². The molecular formula is C16H24N2O2. The minimum absolute atomic E-state index is 0.282. The number of carbonyl (C=O) groups is 1. The van der Waals surface area contributed by atoms with Crippen molar-refractivity contribution in [3.63, 3.8) is 0 Å². The summed E-state index contributed by atoms with van der Waals surface area (Å²) in [5.41, 5.74) is 1.80. The SMILES string of the molecule is CCN1CCCC(NCc2ccc(C(=O)OC)cc2)C1. The number of hydrogen-bond donors (Lipinski definition) is 1. The van der Waals surface area contributed by atoms with Gasteiger partial charge in [-0.25, -0.2) is 4.79 Å². The van der Waals surface area contributed by atoms with Crippen molar-refractivity contribution in [2.75, 3.05) is 26.7 Å². The van der Waals surface area contributed by atoms with Crippen LogP contribution in [-0.4, -0.2) is 43.7 Å². The molecule has 0 spiro atoms. The Kier molecular flexibility index (Phi) is 5.56. The first-order valence-corrected chi connectivity index (χ1v) is 7.36. The van der Waals surface area contributed by atoms with E-state index in [2.05, 4.69) is 17.1 Å². The number of nitrogens with zero attached hydrogens (tertiary/aromatic N) is 1. The maximum absolute atomic E-state index is 11.4. The number of ether oxygens (including phenoxy) is 1. The maximum atomic E-state index is 11.4. The molecule has 0 aromatic heterocycles. The quantitative estimate of drug-likeness (QED) is 0.836. The highest BCUT2D eigenvalue weighted by molar-refractivity contribution is 5.89. The van der Waals surface area contributed by atoms with Crippen LogP contribution < -0.4 is 5.32 Å². The third kappa shape index (κ3) is 4.05. The number of likely N-dealkylation sites (tertiary alicyclic amines) is 1. The number of esters is 1. The lowest BCUT2D eigenvalue weighted by Gasteiger charge is -2.32. The molecule has 20 heavy (non-hydrogen) atoms. The Morgan fingerprint density at radius 3 is 2.80 bits per heavy atom. The molecule has 0 aliphatic carbocycles. The van der Waals surface area contributed by atoms with Gasteiger partial charge < -0.3 is 15.0 Å². The van der Waals surface area contributed by atoms with Crippen LogP contribution in [0.25, 0.3) is 0 Å². The van der Waals surface area contributed by atoms with Crippen LogP contribution in [0.1, 0.15) is 35.7 Å². The van der Waals surface area contributed by atoms with E-state index in [0.29, 0.717) is 11.6 Å². The first-order chi connectivity index (χ1) is 9.72. The molecule has 2 rings (SSSR count). The Morgan fingerprint density at radius 2 is 2.15 bits per heavy atom. The summed E-state index contributed by atoms with van der Waals surface area (Å²) >= 11 is 0. The highest BCUT2D eigenvalue weighted by Gasteiger charge is 2.17. The van der Waals surface area contributed by atoms with Crippen molar-refractivity contribution < 1.29 is 9.53 Å². The summed E-state index contributed by atoms with van der Waals surface area (Å²) in [5, 5.41) is 3.61. The highest BCUT2D eigenvalue weighted by atomic mass is 16.5. The van der Waals surface area contributed by atoms with E-state index in [-0.39, 0.29) is 5.97 Å². The Bertz CT molecular complexity index is 431. The zero-order valence-corrected chi connectivity index (χ0v) is 12.4. The molecule has 1 aliphatic heterocycles. The van der Waals surface area contributed by atoms with Crippen LogP contribution in [0.3, 0.4) is 0 Å². The van der Waals surface area contributed by atoms with E-state index < -0.39 is 0 Å². The molecule has 110 valence electrons. The van der Waals surface area contributed by atoms with Crippen LogP contribution in [-0.2, 0) is 11.3 Å². The van der Waals surface area contributed by atoms with E-state index in [0.717, 1.165) is 19.6 Å². The zero-order chi connectivity index (χ0) is 14.4. The number of benzene rings is 1. The number of piperidine rings is 1. The monoisotopic (exact) mass is 276 g/mol. The van der Waals surface area contributed by atoms with Gasteiger partial charge in [0.25, 0.3) is 0 Å². The van der Waals surface area contributed by atoms with Crippen LogP contribution in [0.5, 0.6) is 0 Å². The van der Waals surface area contributed by atoms with E-state index in [4.69, 9.17) is 4.74 Å². The fourth-order valence-electron chi connectivity index (χ4n) is 2.65. The summed E-state index contributed by atoms with van der Waals surface area (Å²) in [6.45, 7) is 6.56. The first-order valence-electron chi connectivity index (χ1n) is 7.36. The summed E-state index contributed by atoms with van der Waals surface area (Å²) in [5.74, 6) is -0.282. The molecular weight excluding hydrogens is 252 g/mol. The molecule has 1 unspecified atom stereocenters. The van der Waals surface area contributed by atoms with E-state index in [9.17, 15) is 4.79 Å². The van der Waals surface area contributed by atoms with Gasteiger partial charge in [0.15, 0.2) is 0 Å². The highest BCUT2D eigenvalue weighted by Crippen LogP contribution is 2.11. The Balaban J connectivity index is 1.83. The van der Waals surface area contributed by atoms with Crippen molar-refractivity contribution in [2.45, 2.75) is 32.4 Å². The molecule has 1 atom stereocenters. The number of carbonyl (C=O) groups excluding carboxylic acids is 1. The lowest BCUT2D eigenvalue weighted by atomic mass is 10.1. The van der Waals surface area contributed by atoms with E-state index in [1.807, 2.05) is 24.3 Å². The fraction of sp³-hybridized carbons (Fsp3) is 0.562. The van der Waals surface area contributed by atoms with Crippen molar-refractivity contribution >= 4 is 5.97 Å². The predicted molar refractivity (Wildman–Crippen MR) is 79.8 cm³/mol. The maximum Gasteiger partial charge on any atom is 0.337 e. The fourth-order valence-corrected chi connectivity index (χ4v) is 2.65. The molecule has 1 saturated heterocycles. The summed E-state index contributed by atoms with van der Waals surface area (Å²) in [7, 11) is 1.40. The third-order valence-electron chi connectivity index (χ3n) is 3.92. The number of methoxy groups -OCH3 is 1. The summed E-state index contributed by atoms with van der Waals surface area (Å²) in [6.07, 6.45) is 2.52. The van der Waals surface area contributed by atoms with Gasteiger partial charge in [0.2, 0.25) is 0 Å². The average molecular weight is 276 g/mol. The van der Waals surface area contributed by atoms with Gasteiger partial charge >= 0.3 is 5.97 Å². The standard InChI is InChI=1S/C16H24N2O2/c1-3-18-10-4-5-15(12-18)17-11-13-6-8-14(9-7-13)16(19)20-2/h6-9,15,17H,3-5,10-12H2,1-2H3. The molecule has 1 heterocycles. The second-order valence-electron chi connectivity index (χ2n) is 5.30. The molecule has 4 heteroatoms. The zero-order valence-electron chi connectivity index (χ0n) is 12.4. The van der Waals surface area contributed by atoms with E-state index >= 15 is 0 Å². The molecule has 0 amide bonds. The number of hydrogen-bond acceptors (Lipinski definition) is 4. The second kappa shape index (κ2) is 7.41. The molecule has 1 N–H and O–H groups in total. The molecule has 1 aromatic rings. The van der Waals surface area contributed by atoms with Crippen molar-refractivity contribution in [2.24, 2.45) is 0 Å². The van der Waals surface area contributed by atoms with Gasteiger partial charge in [0.05, 0.1) is 12.7 Å². The molecule has 4 nitrogen and oxygen atoms in total. The van der Waals surface area contributed by atoms with Crippen LogP contribution in [0.15, 0.2) is 24.3 Å². The molecule has 1 aromatic carbocycles. The molecule has 0 saturated carbocycles. The smallest absolute Gasteiger partial charge is 0.337 e. The van der Waals surface area contributed by atoms with Gasteiger partial charge in [-0.1, -0.05) is 19.1 Å². The lowest BCUT2D eigenvalue weighted by Crippen LogP contribution is -2.45. The second-order valence-corrected chi connectivity index (χ2v) is 5.30. The summed E-state index contributed by atoms with van der Waals surface area (Å²) in [4.78, 5) is 13.8. The predicted octanol–water partition coefficient (Wildman–Crippen LogP) is 2.05. The van der Waals surface area contributed by atoms with E-state index in [1.165, 1.54) is 32.1 Å². The average Bonchev–Trinajstić information content (AvgIpc) is 2.53. The van der Waals surface area contributed by atoms with Crippen LogP contribution in [0, 0.1) is 0 Å². The number of rotatable bonds is 5. The van der Waals surface area contributed by atoms with Gasteiger partial charge in [-0.2, -0.15) is 0 Å². The molecule has 0 radical (unpaired) electrons. The van der Waals surface area contributed by atoms with Crippen molar-refractivity contribution in [1.82, 2.24) is 10.2 Å². The van der Waals surface area contributed by atoms with Crippen LogP contribution in [0.4, 0.5) is 0 Å². The summed E-state index contributed by atoms with van der Waals surface area (Å²) < 4.78 is 4.70. The van der Waals surface area contributed by atoms with Crippen molar-refractivity contribution in [1.29, 1.82) is 0 Å². The first kappa shape index (κ1) is 15.0. The minimum Gasteiger partial charge on any atom is -0.465 e.